The van der Waals surface area contributed by atoms with E-state index in [0.29, 0.717) is 22.5 Å². The molecule has 2 aromatic heterocycles. The molecule has 3 aromatic rings. The van der Waals surface area contributed by atoms with Gasteiger partial charge in [0.05, 0.1) is 10.9 Å². The van der Waals surface area contributed by atoms with Gasteiger partial charge in [0, 0.05) is 10.9 Å². The van der Waals surface area contributed by atoms with Gasteiger partial charge in [0.2, 0.25) is 5.43 Å². The number of nitrogens with one attached hydrogen (secondary N) is 1. The molecule has 1 fully saturated rings. The van der Waals surface area contributed by atoms with E-state index in [4.69, 9.17) is 9.15 Å². The van der Waals surface area contributed by atoms with Crippen LogP contribution >= 0.6 is 23.7 Å². The number of rotatable bonds is 8. The van der Waals surface area contributed by atoms with Crippen LogP contribution in [0, 0.1) is 0 Å². The lowest BCUT2D eigenvalue weighted by Gasteiger charge is -2.26. The SMILES string of the molecule is CCCCCC(Oc1oc2ccccc2c(=O)c1C1CCCCN1)c1cccs1.Cl. The standard InChI is InChI=1S/C24H29NO3S.ClH/c1-2-3-4-13-20(21-14-9-16-29-21)28-24-22(18-11-7-8-15-25-18)23(26)17-10-5-6-12-19(17)27-24;/h5-6,9-10,12,14,16,18,20,25H,2-4,7-8,11,13,15H2,1H3;1H. The minimum Gasteiger partial charge on any atom is -0.456 e. The number of thiophene rings is 1. The van der Waals surface area contributed by atoms with Crippen LogP contribution in [0.25, 0.3) is 11.0 Å². The summed E-state index contributed by atoms with van der Waals surface area (Å²) in [7, 11) is 0. The van der Waals surface area contributed by atoms with Crippen molar-refractivity contribution >= 4 is 34.7 Å². The number of hydrogen-bond acceptors (Lipinski definition) is 5. The average molecular weight is 448 g/mol. The van der Waals surface area contributed by atoms with Gasteiger partial charge in [0.15, 0.2) is 0 Å². The number of piperidine rings is 1. The van der Waals surface area contributed by atoms with Crippen LogP contribution in [0.2, 0.25) is 0 Å². The fraction of sp³-hybridized carbons (Fsp3) is 0.458. The first kappa shape index (κ1) is 22.9. The Bertz CT molecular complexity index is 980. The second kappa shape index (κ2) is 11.0. The lowest BCUT2D eigenvalue weighted by molar-refractivity contribution is 0.145. The number of fused-ring (bicyclic) bond motifs is 1. The molecular formula is C24H30ClNO3S. The smallest absolute Gasteiger partial charge is 0.294 e. The molecule has 2 atom stereocenters. The van der Waals surface area contributed by atoms with Crippen LogP contribution < -0.4 is 15.5 Å². The van der Waals surface area contributed by atoms with Crippen LogP contribution in [-0.4, -0.2) is 6.54 Å². The van der Waals surface area contributed by atoms with Crippen molar-refractivity contribution in [2.45, 2.75) is 64.0 Å². The Morgan fingerprint density at radius 2 is 2.07 bits per heavy atom. The molecule has 2 unspecified atom stereocenters. The summed E-state index contributed by atoms with van der Waals surface area (Å²) in [6.45, 7) is 3.12. The summed E-state index contributed by atoms with van der Waals surface area (Å²) in [5.41, 5.74) is 1.27. The third kappa shape index (κ3) is 5.08. The maximum atomic E-state index is 13.4. The van der Waals surface area contributed by atoms with Crippen molar-refractivity contribution in [2.75, 3.05) is 6.54 Å². The lowest BCUT2D eigenvalue weighted by atomic mass is 9.97. The molecule has 162 valence electrons. The third-order valence-electron chi connectivity index (χ3n) is 5.64. The topological polar surface area (TPSA) is 51.5 Å². The Morgan fingerprint density at radius 1 is 1.20 bits per heavy atom. The Hall–Kier alpha value is -1.82. The van der Waals surface area contributed by atoms with E-state index in [9.17, 15) is 4.79 Å². The van der Waals surface area contributed by atoms with Gasteiger partial charge < -0.3 is 14.5 Å². The molecule has 30 heavy (non-hydrogen) atoms. The fourth-order valence-electron chi connectivity index (χ4n) is 4.06. The highest BCUT2D eigenvalue weighted by Crippen LogP contribution is 2.36. The van der Waals surface area contributed by atoms with Crippen molar-refractivity contribution in [3.8, 4) is 5.95 Å². The van der Waals surface area contributed by atoms with Gasteiger partial charge in [-0.1, -0.05) is 44.4 Å². The van der Waals surface area contributed by atoms with Crippen molar-refractivity contribution in [3.05, 3.63) is 62.4 Å². The number of unbranched alkanes of at least 4 members (excludes halogenated alkanes) is 2. The Kier molecular flexibility index (Phi) is 8.37. The Balaban J connectivity index is 0.00000256. The van der Waals surface area contributed by atoms with Crippen LogP contribution in [0.15, 0.2) is 51.0 Å². The molecule has 4 rings (SSSR count). The first-order chi connectivity index (χ1) is 14.3. The molecule has 6 heteroatoms. The maximum Gasteiger partial charge on any atom is 0.294 e. The zero-order valence-electron chi connectivity index (χ0n) is 17.4. The molecular weight excluding hydrogens is 418 g/mol. The summed E-state index contributed by atoms with van der Waals surface area (Å²) < 4.78 is 12.7. The van der Waals surface area contributed by atoms with Crippen molar-refractivity contribution in [1.82, 2.24) is 5.32 Å². The van der Waals surface area contributed by atoms with Crippen molar-refractivity contribution in [2.24, 2.45) is 0 Å². The fourth-order valence-corrected chi connectivity index (χ4v) is 4.85. The molecule has 4 nitrogen and oxygen atoms in total. The molecule has 3 heterocycles. The van der Waals surface area contributed by atoms with Crippen LogP contribution in [0.3, 0.4) is 0 Å². The Labute approximate surface area is 188 Å². The number of hydrogen-bond donors (Lipinski definition) is 1. The summed E-state index contributed by atoms with van der Waals surface area (Å²) in [4.78, 5) is 14.6. The van der Waals surface area contributed by atoms with E-state index in [1.165, 1.54) is 17.7 Å². The van der Waals surface area contributed by atoms with Gasteiger partial charge >= 0.3 is 0 Å². The zero-order valence-corrected chi connectivity index (χ0v) is 19.0. The van der Waals surface area contributed by atoms with E-state index >= 15 is 0 Å². The van der Waals surface area contributed by atoms with E-state index < -0.39 is 0 Å². The first-order valence-electron chi connectivity index (χ1n) is 10.8. The normalized spacial score (nSPS) is 17.4. The number of halogens is 1. The predicted molar refractivity (Wildman–Crippen MR) is 126 cm³/mol. The lowest BCUT2D eigenvalue weighted by Crippen LogP contribution is -2.31. The van der Waals surface area contributed by atoms with Crippen LogP contribution in [0.5, 0.6) is 5.95 Å². The second-order valence-corrected chi connectivity index (χ2v) is 8.73. The van der Waals surface area contributed by atoms with E-state index in [2.05, 4.69) is 29.8 Å². The largest absolute Gasteiger partial charge is 0.456 e. The molecule has 0 saturated carbocycles. The third-order valence-corrected chi connectivity index (χ3v) is 6.60. The molecule has 1 saturated heterocycles. The second-order valence-electron chi connectivity index (χ2n) is 7.75. The molecule has 0 amide bonds. The van der Waals surface area contributed by atoms with Gasteiger partial charge in [0.25, 0.3) is 5.95 Å². The summed E-state index contributed by atoms with van der Waals surface area (Å²) in [5, 5.41) is 6.21. The Morgan fingerprint density at radius 3 is 2.80 bits per heavy atom. The molecule has 1 aliphatic heterocycles. The summed E-state index contributed by atoms with van der Waals surface area (Å²) in [5.74, 6) is 0.392. The molecule has 0 bridgehead atoms. The van der Waals surface area contributed by atoms with E-state index in [0.717, 1.165) is 38.6 Å². The molecule has 0 spiro atoms. The highest BCUT2D eigenvalue weighted by atomic mass is 35.5. The van der Waals surface area contributed by atoms with Crippen molar-refractivity contribution in [3.63, 3.8) is 0 Å². The van der Waals surface area contributed by atoms with Gasteiger partial charge in [-0.15, -0.1) is 23.7 Å². The van der Waals surface area contributed by atoms with E-state index in [-0.39, 0.29) is 30.0 Å². The van der Waals surface area contributed by atoms with Crippen molar-refractivity contribution < 1.29 is 9.15 Å². The van der Waals surface area contributed by atoms with Gasteiger partial charge in [-0.25, -0.2) is 0 Å². The molecule has 0 radical (unpaired) electrons. The molecule has 1 aromatic carbocycles. The minimum atomic E-state index is -0.0896. The van der Waals surface area contributed by atoms with Crippen LogP contribution in [0.1, 0.15) is 74.5 Å². The monoisotopic (exact) mass is 447 g/mol. The first-order valence-corrected chi connectivity index (χ1v) is 11.6. The minimum absolute atomic E-state index is 0. The van der Waals surface area contributed by atoms with Gasteiger partial charge in [-0.2, -0.15) is 0 Å². The van der Waals surface area contributed by atoms with E-state index in [1.54, 1.807) is 11.3 Å². The van der Waals surface area contributed by atoms with Gasteiger partial charge in [0.1, 0.15) is 11.7 Å². The zero-order chi connectivity index (χ0) is 20.1. The number of para-hydroxylation sites is 1. The highest BCUT2D eigenvalue weighted by molar-refractivity contribution is 7.10. The number of ether oxygens (including phenoxy) is 1. The average Bonchev–Trinajstić information content (AvgIpc) is 3.29. The summed E-state index contributed by atoms with van der Waals surface area (Å²) >= 11 is 1.70. The van der Waals surface area contributed by atoms with E-state index in [1.807, 2.05) is 24.3 Å². The van der Waals surface area contributed by atoms with Crippen LogP contribution in [-0.2, 0) is 0 Å². The van der Waals surface area contributed by atoms with Crippen molar-refractivity contribution in [1.29, 1.82) is 0 Å². The quantitative estimate of drug-likeness (QED) is 0.386. The number of benzene rings is 1. The highest BCUT2D eigenvalue weighted by Gasteiger charge is 2.28. The molecule has 0 aliphatic carbocycles. The summed E-state index contributed by atoms with van der Waals surface area (Å²) in [6, 6.07) is 11.6. The molecule has 1 N–H and O–H groups in total. The maximum absolute atomic E-state index is 13.4. The van der Waals surface area contributed by atoms with Gasteiger partial charge in [-0.05, 0) is 55.8 Å². The predicted octanol–water partition coefficient (Wildman–Crippen LogP) is 6.79. The van der Waals surface area contributed by atoms with Crippen LogP contribution in [0.4, 0.5) is 0 Å². The molecule has 1 aliphatic rings. The van der Waals surface area contributed by atoms with Gasteiger partial charge in [-0.3, -0.25) is 4.79 Å². The summed E-state index contributed by atoms with van der Waals surface area (Å²) in [6.07, 6.45) is 7.43.